The molecule has 0 saturated heterocycles. The van der Waals surface area contributed by atoms with Crippen molar-refractivity contribution in [3.05, 3.63) is 0 Å². The van der Waals surface area contributed by atoms with Gasteiger partial charge >= 0.3 is 11.9 Å². The van der Waals surface area contributed by atoms with Gasteiger partial charge in [-0.3, -0.25) is 9.59 Å². The Kier molecular flexibility index (Phi) is 26.3. The molecule has 2 N–H and O–H groups in total. The molecule has 0 aliphatic rings. The summed E-state index contributed by atoms with van der Waals surface area (Å²) in [5.74, 6) is -1.09. The van der Waals surface area contributed by atoms with Crippen LogP contribution in [0.3, 0.4) is 0 Å². The van der Waals surface area contributed by atoms with E-state index in [0.29, 0.717) is 19.3 Å². The molecule has 0 radical (unpaired) electrons. The molecular formula is C25H48O5. The van der Waals surface area contributed by atoms with Crippen LogP contribution in [0.15, 0.2) is 0 Å². The minimum Gasteiger partial charge on any atom is -0.481 e. The van der Waals surface area contributed by atoms with Gasteiger partial charge in [-0.25, -0.2) is 0 Å². The van der Waals surface area contributed by atoms with Crippen LogP contribution in [0.1, 0.15) is 142 Å². The zero-order chi connectivity index (χ0) is 22.9. The molecule has 0 heterocycles. The highest BCUT2D eigenvalue weighted by molar-refractivity contribution is 5.74. The first-order valence-corrected chi connectivity index (χ1v) is 12.3. The lowest BCUT2D eigenvalue weighted by atomic mass is 10.0. The number of ketones is 1. The van der Waals surface area contributed by atoms with Crippen molar-refractivity contribution in [2.75, 3.05) is 0 Å². The predicted octanol–water partition coefficient (Wildman–Crippen LogP) is 7.55. The summed E-state index contributed by atoms with van der Waals surface area (Å²) in [6.45, 7) is 3.43. The zero-order valence-corrected chi connectivity index (χ0v) is 19.8. The number of carboxylic acids is 2. The highest BCUT2D eigenvalue weighted by Gasteiger charge is 1.98. The Balaban J connectivity index is 0. The molecule has 0 aromatic carbocycles. The number of aliphatic carboxylic acids is 2. The molecule has 5 heteroatoms. The minimum absolute atomic E-state index is 0.255. The standard InChI is InChI=1S/C21H40O4.C4H8O/c22-20(23)18-16-14-12-10-8-6-4-2-1-3-5-7-9-11-13-15-17-19-21(24)25;1-3-4(2)5/h1-19H2,(H,22,23)(H,24,25);3H2,1-2H3. The summed E-state index contributed by atoms with van der Waals surface area (Å²) in [7, 11) is 0. The van der Waals surface area contributed by atoms with Gasteiger partial charge in [-0.05, 0) is 19.8 Å². The maximum absolute atomic E-state index is 10.4. The largest absolute Gasteiger partial charge is 0.481 e. The first-order valence-electron chi connectivity index (χ1n) is 12.3. The molecule has 0 spiro atoms. The molecule has 0 aromatic heterocycles. The molecule has 0 unspecified atom stereocenters. The van der Waals surface area contributed by atoms with Crippen molar-refractivity contribution in [1.29, 1.82) is 0 Å². The highest BCUT2D eigenvalue weighted by atomic mass is 16.4. The van der Waals surface area contributed by atoms with Crippen molar-refractivity contribution in [1.82, 2.24) is 0 Å². The Morgan fingerprint density at radius 1 is 0.467 bits per heavy atom. The van der Waals surface area contributed by atoms with Crippen LogP contribution in [-0.2, 0) is 14.4 Å². The summed E-state index contributed by atoms with van der Waals surface area (Å²) in [6, 6.07) is 0. The summed E-state index contributed by atoms with van der Waals surface area (Å²) in [5.41, 5.74) is 0. The molecule has 30 heavy (non-hydrogen) atoms. The fourth-order valence-electron chi connectivity index (χ4n) is 3.20. The maximum atomic E-state index is 10.4. The second-order valence-corrected chi connectivity index (χ2v) is 8.35. The Labute approximate surface area is 185 Å². The van der Waals surface area contributed by atoms with E-state index in [2.05, 4.69) is 0 Å². The van der Waals surface area contributed by atoms with Crippen LogP contribution in [0.4, 0.5) is 0 Å². The van der Waals surface area contributed by atoms with E-state index in [0.717, 1.165) is 25.7 Å². The number of hydrogen-bond donors (Lipinski definition) is 2. The van der Waals surface area contributed by atoms with Crippen LogP contribution in [0.5, 0.6) is 0 Å². The average molecular weight is 429 g/mol. The van der Waals surface area contributed by atoms with Gasteiger partial charge < -0.3 is 15.0 Å². The Morgan fingerprint density at radius 2 is 0.633 bits per heavy atom. The van der Waals surface area contributed by atoms with Crippen LogP contribution in [0.25, 0.3) is 0 Å². The number of carbonyl (C=O) groups excluding carboxylic acids is 1. The normalized spacial score (nSPS) is 10.3. The van der Waals surface area contributed by atoms with Crippen LogP contribution in [0, 0.1) is 0 Å². The molecule has 0 bridgehead atoms. The van der Waals surface area contributed by atoms with Crippen molar-refractivity contribution in [3.8, 4) is 0 Å². The molecule has 0 amide bonds. The zero-order valence-electron chi connectivity index (χ0n) is 19.8. The molecule has 0 atom stereocenters. The van der Waals surface area contributed by atoms with E-state index >= 15 is 0 Å². The van der Waals surface area contributed by atoms with Crippen molar-refractivity contribution in [3.63, 3.8) is 0 Å². The van der Waals surface area contributed by atoms with Crippen LogP contribution in [-0.4, -0.2) is 27.9 Å². The van der Waals surface area contributed by atoms with E-state index in [1.807, 2.05) is 6.92 Å². The van der Waals surface area contributed by atoms with E-state index in [1.165, 1.54) is 83.5 Å². The van der Waals surface area contributed by atoms with E-state index in [4.69, 9.17) is 10.2 Å². The van der Waals surface area contributed by atoms with E-state index in [1.54, 1.807) is 6.92 Å². The van der Waals surface area contributed by atoms with Gasteiger partial charge in [0.15, 0.2) is 0 Å². The van der Waals surface area contributed by atoms with Gasteiger partial charge in [-0.15, -0.1) is 0 Å². The molecule has 0 aliphatic carbocycles. The summed E-state index contributed by atoms with van der Waals surface area (Å²) >= 11 is 0. The number of rotatable bonds is 21. The third-order valence-electron chi connectivity index (χ3n) is 5.28. The third-order valence-corrected chi connectivity index (χ3v) is 5.28. The molecular weight excluding hydrogens is 380 g/mol. The highest BCUT2D eigenvalue weighted by Crippen LogP contribution is 2.14. The van der Waals surface area contributed by atoms with Crippen LogP contribution in [0.2, 0.25) is 0 Å². The van der Waals surface area contributed by atoms with Gasteiger partial charge in [0, 0.05) is 19.3 Å². The van der Waals surface area contributed by atoms with Crippen LogP contribution >= 0.6 is 0 Å². The Bertz CT molecular complexity index is 376. The van der Waals surface area contributed by atoms with Gasteiger partial charge in [-0.2, -0.15) is 0 Å². The van der Waals surface area contributed by atoms with Crippen molar-refractivity contribution in [2.24, 2.45) is 0 Å². The lowest BCUT2D eigenvalue weighted by Gasteiger charge is -2.03. The fourth-order valence-corrected chi connectivity index (χ4v) is 3.20. The number of Topliss-reactive ketones (excluding diaryl/α,β-unsaturated/α-hetero) is 1. The van der Waals surface area contributed by atoms with E-state index < -0.39 is 11.9 Å². The van der Waals surface area contributed by atoms with Gasteiger partial charge in [0.25, 0.3) is 0 Å². The maximum Gasteiger partial charge on any atom is 0.303 e. The van der Waals surface area contributed by atoms with Crippen molar-refractivity contribution >= 4 is 17.7 Å². The first kappa shape index (κ1) is 30.8. The fraction of sp³-hybridized carbons (Fsp3) is 0.880. The van der Waals surface area contributed by atoms with Crippen molar-refractivity contribution < 1.29 is 24.6 Å². The van der Waals surface area contributed by atoms with Gasteiger partial charge in [0.05, 0.1) is 0 Å². The monoisotopic (exact) mass is 428 g/mol. The first-order chi connectivity index (χ1) is 14.4. The van der Waals surface area contributed by atoms with Gasteiger partial charge in [-0.1, -0.05) is 103 Å². The molecule has 0 rings (SSSR count). The molecule has 5 nitrogen and oxygen atoms in total. The minimum atomic E-state index is -0.671. The average Bonchev–Trinajstić information content (AvgIpc) is 2.69. The third kappa shape index (κ3) is 34.1. The molecule has 0 aromatic rings. The van der Waals surface area contributed by atoms with Gasteiger partial charge in [0.2, 0.25) is 0 Å². The number of unbranched alkanes of at least 4 members (excludes halogenated alkanes) is 16. The lowest BCUT2D eigenvalue weighted by Crippen LogP contribution is -1.93. The Hall–Kier alpha value is -1.39. The molecule has 0 saturated carbocycles. The second kappa shape index (κ2) is 25.6. The SMILES string of the molecule is CCC(C)=O.O=C(O)CCCCCCCCCCCCCCCCCCCC(=O)O. The summed E-state index contributed by atoms with van der Waals surface area (Å²) < 4.78 is 0. The van der Waals surface area contributed by atoms with Gasteiger partial charge in [0.1, 0.15) is 5.78 Å². The molecule has 0 fully saturated rings. The Morgan fingerprint density at radius 3 is 0.767 bits per heavy atom. The number of carboxylic acid groups (broad SMARTS) is 2. The molecule has 178 valence electrons. The number of carbonyl (C=O) groups is 3. The number of hydrogen-bond acceptors (Lipinski definition) is 3. The summed E-state index contributed by atoms with van der Waals surface area (Å²) in [6.07, 6.45) is 22.0. The molecule has 0 aliphatic heterocycles. The lowest BCUT2D eigenvalue weighted by molar-refractivity contribution is -0.138. The summed E-state index contributed by atoms with van der Waals surface area (Å²) in [4.78, 5) is 30.6. The second-order valence-electron chi connectivity index (χ2n) is 8.35. The van der Waals surface area contributed by atoms with E-state index in [9.17, 15) is 14.4 Å². The van der Waals surface area contributed by atoms with Crippen LogP contribution < -0.4 is 0 Å². The van der Waals surface area contributed by atoms with Crippen molar-refractivity contribution in [2.45, 2.75) is 142 Å². The predicted molar refractivity (Wildman–Crippen MR) is 124 cm³/mol. The topological polar surface area (TPSA) is 91.7 Å². The smallest absolute Gasteiger partial charge is 0.303 e. The quantitative estimate of drug-likeness (QED) is 0.184. The van der Waals surface area contributed by atoms with E-state index in [-0.39, 0.29) is 5.78 Å². The summed E-state index contributed by atoms with van der Waals surface area (Å²) in [5, 5.41) is 17.1.